The summed E-state index contributed by atoms with van der Waals surface area (Å²) in [4.78, 5) is 0. The second-order valence-corrected chi connectivity index (χ2v) is 2.82. The minimum Gasteiger partial charge on any atom is -0.496 e. The molecule has 68 valence electrons. The van der Waals surface area contributed by atoms with E-state index in [9.17, 15) is 0 Å². The van der Waals surface area contributed by atoms with E-state index < -0.39 is 0 Å². The zero-order valence-electron chi connectivity index (χ0n) is 8.13. The largest absolute Gasteiger partial charge is 0.496 e. The molecule has 0 amide bonds. The fourth-order valence-electron chi connectivity index (χ4n) is 1.38. The standard InChI is InChI=1S/C12H14O/c1-5-10-9(3)7-8-12(13-4)11(10)6-2/h5-8H,1-2H2,3-4H3. The zero-order valence-corrected chi connectivity index (χ0v) is 8.13. The normalized spacial score (nSPS) is 9.38. The van der Waals surface area contributed by atoms with Crippen molar-refractivity contribution < 1.29 is 4.74 Å². The minimum atomic E-state index is 0.843. The van der Waals surface area contributed by atoms with Gasteiger partial charge >= 0.3 is 0 Å². The summed E-state index contributed by atoms with van der Waals surface area (Å²) in [5, 5.41) is 0. The van der Waals surface area contributed by atoms with Crippen molar-refractivity contribution in [2.24, 2.45) is 0 Å². The van der Waals surface area contributed by atoms with E-state index in [1.807, 2.05) is 25.1 Å². The van der Waals surface area contributed by atoms with Crippen LogP contribution >= 0.6 is 0 Å². The van der Waals surface area contributed by atoms with Crippen LogP contribution in [0.1, 0.15) is 16.7 Å². The van der Waals surface area contributed by atoms with Crippen molar-refractivity contribution in [3.63, 3.8) is 0 Å². The smallest absolute Gasteiger partial charge is 0.126 e. The van der Waals surface area contributed by atoms with Crippen LogP contribution in [0.2, 0.25) is 0 Å². The predicted octanol–water partition coefficient (Wildman–Crippen LogP) is 3.29. The summed E-state index contributed by atoms with van der Waals surface area (Å²) in [6.07, 6.45) is 3.62. The molecule has 0 spiro atoms. The number of hydrogen-bond donors (Lipinski definition) is 0. The third-order valence-electron chi connectivity index (χ3n) is 2.09. The van der Waals surface area contributed by atoms with Gasteiger partial charge in [0.1, 0.15) is 5.75 Å². The Labute approximate surface area is 79.4 Å². The molecule has 0 aliphatic rings. The van der Waals surface area contributed by atoms with E-state index in [0.717, 1.165) is 16.9 Å². The van der Waals surface area contributed by atoms with Crippen molar-refractivity contribution in [3.8, 4) is 5.75 Å². The quantitative estimate of drug-likeness (QED) is 0.683. The van der Waals surface area contributed by atoms with Crippen LogP contribution in [-0.2, 0) is 0 Å². The molecule has 1 aromatic rings. The number of hydrogen-bond acceptors (Lipinski definition) is 1. The van der Waals surface area contributed by atoms with Crippen molar-refractivity contribution in [1.82, 2.24) is 0 Å². The first-order chi connectivity index (χ1) is 6.24. The molecule has 0 aliphatic heterocycles. The van der Waals surface area contributed by atoms with Gasteiger partial charge in [0, 0.05) is 5.56 Å². The molecule has 0 atom stereocenters. The van der Waals surface area contributed by atoms with Gasteiger partial charge in [0.15, 0.2) is 0 Å². The molecule has 13 heavy (non-hydrogen) atoms. The summed E-state index contributed by atoms with van der Waals surface area (Å²) in [7, 11) is 1.66. The van der Waals surface area contributed by atoms with Crippen molar-refractivity contribution in [2.45, 2.75) is 6.92 Å². The molecule has 0 fully saturated rings. The van der Waals surface area contributed by atoms with E-state index in [1.54, 1.807) is 13.2 Å². The van der Waals surface area contributed by atoms with E-state index in [2.05, 4.69) is 13.2 Å². The molecule has 0 saturated carbocycles. The van der Waals surface area contributed by atoms with E-state index in [4.69, 9.17) is 4.74 Å². The van der Waals surface area contributed by atoms with Crippen LogP contribution in [0.5, 0.6) is 5.75 Å². The second-order valence-electron chi connectivity index (χ2n) is 2.82. The summed E-state index contributed by atoms with van der Waals surface area (Å²) >= 11 is 0. The van der Waals surface area contributed by atoms with Gasteiger partial charge < -0.3 is 4.74 Å². The fraction of sp³-hybridized carbons (Fsp3) is 0.167. The van der Waals surface area contributed by atoms with Crippen molar-refractivity contribution in [2.75, 3.05) is 7.11 Å². The van der Waals surface area contributed by atoms with Crippen LogP contribution < -0.4 is 4.74 Å². The van der Waals surface area contributed by atoms with Crippen molar-refractivity contribution in [1.29, 1.82) is 0 Å². The lowest BCUT2D eigenvalue weighted by Crippen LogP contribution is -1.92. The summed E-state index contributed by atoms with van der Waals surface area (Å²) in [6.45, 7) is 9.58. The lowest BCUT2D eigenvalue weighted by Gasteiger charge is -2.10. The van der Waals surface area contributed by atoms with Crippen LogP contribution in [0.15, 0.2) is 25.3 Å². The number of benzene rings is 1. The molecule has 1 heteroatoms. The molecular formula is C12H14O. The number of rotatable bonds is 3. The SMILES string of the molecule is C=Cc1c(C)ccc(OC)c1C=C. The summed E-state index contributed by atoms with van der Waals surface area (Å²) < 4.78 is 5.21. The van der Waals surface area contributed by atoms with Crippen molar-refractivity contribution in [3.05, 3.63) is 42.0 Å². The maximum atomic E-state index is 5.21. The Morgan fingerprint density at radius 1 is 1.15 bits per heavy atom. The van der Waals surface area contributed by atoms with E-state index >= 15 is 0 Å². The van der Waals surface area contributed by atoms with Crippen molar-refractivity contribution >= 4 is 12.2 Å². The third kappa shape index (κ3) is 1.64. The Bertz CT molecular complexity index is 337. The van der Waals surface area contributed by atoms with Crippen LogP contribution in [0.3, 0.4) is 0 Å². The summed E-state index contributed by atoms with van der Waals surface area (Å²) in [6, 6.07) is 3.96. The van der Waals surface area contributed by atoms with Crippen LogP contribution in [-0.4, -0.2) is 7.11 Å². The van der Waals surface area contributed by atoms with Gasteiger partial charge in [0.25, 0.3) is 0 Å². The molecule has 0 bridgehead atoms. The lowest BCUT2D eigenvalue weighted by atomic mass is 10.0. The molecule has 0 saturated heterocycles. The highest BCUT2D eigenvalue weighted by Gasteiger charge is 2.05. The van der Waals surface area contributed by atoms with Gasteiger partial charge in [-0.05, 0) is 24.1 Å². The Morgan fingerprint density at radius 3 is 2.23 bits per heavy atom. The number of aryl methyl sites for hydroxylation is 1. The highest BCUT2D eigenvalue weighted by molar-refractivity contribution is 5.71. The maximum absolute atomic E-state index is 5.21. The fourth-order valence-corrected chi connectivity index (χ4v) is 1.38. The molecule has 1 aromatic carbocycles. The summed E-state index contributed by atoms with van der Waals surface area (Å²) in [5.41, 5.74) is 3.29. The molecule has 0 aromatic heterocycles. The van der Waals surface area contributed by atoms with Crippen LogP contribution in [0.25, 0.3) is 12.2 Å². The van der Waals surface area contributed by atoms with Gasteiger partial charge in [-0.1, -0.05) is 31.4 Å². The van der Waals surface area contributed by atoms with Gasteiger partial charge in [0.2, 0.25) is 0 Å². The molecule has 0 radical (unpaired) electrons. The number of methoxy groups -OCH3 is 1. The molecule has 0 heterocycles. The molecule has 0 unspecified atom stereocenters. The molecule has 0 N–H and O–H groups in total. The van der Waals surface area contributed by atoms with Crippen LogP contribution in [0, 0.1) is 6.92 Å². The Balaban J connectivity index is 3.44. The second kappa shape index (κ2) is 3.94. The monoisotopic (exact) mass is 174 g/mol. The predicted molar refractivity (Wildman–Crippen MR) is 57.9 cm³/mol. The van der Waals surface area contributed by atoms with Crippen LogP contribution in [0.4, 0.5) is 0 Å². The van der Waals surface area contributed by atoms with Gasteiger partial charge in [-0.15, -0.1) is 0 Å². The topological polar surface area (TPSA) is 9.23 Å². The van der Waals surface area contributed by atoms with E-state index in [-0.39, 0.29) is 0 Å². The molecule has 1 rings (SSSR count). The van der Waals surface area contributed by atoms with Gasteiger partial charge in [-0.2, -0.15) is 0 Å². The zero-order chi connectivity index (χ0) is 9.84. The molecule has 0 aliphatic carbocycles. The maximum Gasteiger partial charge on any atom is 0.126 e. The van der Waals surface area contributed by atoms with Gasteiger partial charge in [0.05, 0.1) is 7.11 Å². The van der Waals surface area contributed by atoms with E-state index in [1.165, 1.54) is 5.56 Å². The first-order valence-corrected chi connectivity index (χ1v) is 4.17. The Morgan fingerprint density at radius 2 is 1.77 bits per heavy atom. The number of ether oxygens (including phenoxy) is 1. The first kappa shape index (κ1) is 9.59. The first-order valence-electron chi connectivity index (χ1n) is 4.17. The van der Waals surface area contributed by atoms with Gasteiger partial charge in [-0.3, -0.25) is 0 Å². The van der Waals surface area contributed by atoms with Gasteiger partial charge in [-0.25, -0.2) is 0 Å². The Hall–Kier alpha value is -1.50. The summed E-state index contributed by atoms with van der Waals surface area (Å²) in [5.74, 6) is 0.843. The third-order valence-corrected chi connectivity index (χ3v) is 2.09. The highest BCUT2D eigenvalue weighted by atomic mass is 16.5. The lowest BCUT2D eigenvalue weighted by molar-refractivity contribution is 0.413. The minimum absolute atomic E-state index is 0.843. The van der Waals surface area contributed by atoms with E-state index in [0.29, 0.717) is 0 Å². The Kier molecular flexibility index (Phi) is 2.91. The molecule has 1 nitrogen and oxygen atoms in total. The average molecular weight is 174 g/mol. The average Bonchev–Trinajstić information content (AvgIpc) is 2.17. The highest BCUT2D eigenvalue weighted by Crippen LogP contribution is 2.26. The molecular weight excluding hydrogens is 160 g/mol.